The Bertz CT molecular complexity index is 1360. The van der Waals surface area contributed by atoms with Gasteiger partial charge in [0.05, 0.1) is 11.0 Å². The van der Waals surface area contributed by atoms with E-state index in [0.29, 0.717) is 28.0 Å². The van der Waals surface area contributed by atoms with E-state index in [4.69, 9.17) is 16.3 Å². The Hall–Kier alpha value is -3.62. The first-order valence-corrected chi connectivity index (χ1v) is 12.4. The quantitative estimate of drug-likeness (QED) is 0.306. The van der Waals surface area contributed by atoms with E-state index in [0.717, 1.165) is 11.8 Å². The predicted octanol–water partition coefficient (Wildman–Crippen LogP) is 4.57. The summed E-state index contributed by atoms with van der Waals surface area (Å²) in [6.45, 7) is 3.55. The van der Waals surface area contributed by atoms with Crippen molar-refractivity contribution in [3.05, 3.63) is 65.4 Å². The van der Waals surface area contributed by atoms with Crippen molar-refractivity contribution in [2.24, 2.45) is 0 Å². The van der Waals surface area contributed by atoms with Gasteiger partial charge in [0.2, 0.25) is 0 Å². The zero-order valence-corrected chi connectivity index (χ0v) is 20.9. The van der Waals surface area contributed by atoms with Gasteiger partial charge in [-0.2, -0.15) is 13.2 Å². The van der Waals surface area contributed by atoms with Crippen LogP contribution in [0, 0.1) is 0 Å². The van der Waals surface area contributed by atoms with Gasteiger partial charge in [-0.3, -0.25) is 0 Å². The fourth-order valence-corrected chi connectivity index (χ4v) is 3.77. The molecule has 0 saturated carbocycles. The van der Waals surface area contributed by atoms with E-state index >= 15 is 0 Å². The summed E-state index contributed by atoms with van der Waals surface area (Å²) in [5, 5.41) is 6.68. The molecule has 0 fully saturated rings. The zero-order chi connectivity index (χ0) is 27.2. The Morgan fingerprint density at radius 2 is 1.73 bits per heavy atom. The van der Waals surface area contributed by atoms with E-state index in [1.165, 1.54) is 23.3 Å². The number of hydrogen-bond donors (Lipinski definition) is 3. The van der Waals surface area contributed by atoms with Crippen LogP contribution in [0.3, 0.4) is 0 Å². The summed E-state index contributed by atoms with van der Waals surface area (Å²) in [6.07, 6.45) is -4.32. The van der Waals surface area contributed by atoms with E-state index < -0.39 is 27.1 Å². The molecule has 3 aromatic rings. The van der Waals surface area contributed by atoms with Crippen molar-refractivity contribution in [2.75, 3.05) is 10.6 Å². The number of rotatable bonds is 10. The van der Waals surface area contributed by atoms with E-state index in [9.17, 15) is 26.4 Å². The lowest BCUT2D eigenvalue weighted by Gasteiger charge is -2.17. The average Bonchev–Trinajstić information content (AvgIpc) is 2.82. The van der Waals surface area contributed by atoms with Gasteiger partial charge in [-0.25, -0.2) is 23.2 Å². The summed E-state index contributed by atoms with van der Waals surface area (Å²) in [4.78, 5) is 23.5. The van der Waals surface area contributed by atoms with Crippen molar-refractivity contribution in [1.82, 2.24) is 14.9 Å². The Morgan fingerprint density at radius 1 is 1.05 bits per heavy atom. The first-order chi connectivity index (χ1) is 17.3. The lowest BCUT2D eigenvalue weighted by atomic mass is 10.2. The second-order valence-corrected chi connectivity index (χ2v) is 9.77. The van der Waals surface area contributed by atoms with Gasteiger partial charge < -0.3 is 20.2 Å². The Kier molecular flexibility index (Phi) is 8.78. The topological polar surface area (TPSA) is 132 Å². The zero-order valence-electron chi connectivity index (χ0n) is 19.3. The third kappa shape index (κ3) is 8.20. The minimum atomic E-state index is -5.37. The standard InChI is InChI=1S/C22H21ClF3N5O5S/c1-13(2)35-18-8-7-17(37(33,34)31-36-21(32)22(24,25)26)9-14(18)11-27-19-10-20(29-12-28-19)30-16-5-3-15(23)4-6-16/h3-10,12-13,31H,11H2,1-2H3,(H2,27,28,29,30). The Morgan fingerprint density at radius 3 is 2.38 bits per heavy atom. The molecule has 3 N–H and O–H groups in total. The number of nitrogens with zero attached hydrogens (tertiary/aromatic N) is 2. The maximum atomic E-state index is 12.4. The molecule has 2 aromatic carbocycles. The summed E-state index contributed by atoms with van der Waals surface area (Å²) >= 11 is 5.89. The highest BCUT2D eigenvalue weighted by molar-refractivity contribution is 7.89. The molecule has 10 nitrogen and oxygen atoms in total. The molecule has 0 radical (unpaired) electrons. The molecule has 1 aromatic heterocycles. The number of carbonyl (C=O) groups is 1. The van der Waals surface area contributed by atoms with Gasteiger partial charge in [-0.1, -0.05) is 11.6 Å². The predicted molar refractivity (Wildman–Crippen MR) is 129 cm³/mol. The SMILES string of the molecule is CC(C)Oc1ccc(S(=O)(=O)NOC(=O)C(F)(F)F)cc1CNc1cc(Nc2ccc(Cl)cc2)ncn1. The number of nitrogens with one attached hydrogen (secondary N) is 3. The highest BCUT2D eigenvalue weighted by Gasteiger charge is 2.42. The molecule has 0 saturated heterocycles. The lowest BCUT2D eigenvalue weighted by molar-refractivity contribution is -0.203. The number of hydrogen-bond acceptors (Lipinski definition) is 9. The molecule has 37 heavy (non-hydrogen) atoms. The number of alkyl halides is 3. The number of aromatic nitrogens is 2. The fraction of sp³-hybridized carbons (Fsp3) is 0.227. The molecule has 0 atom stereocenters. The molecule has 15 heteroatoms. The third-order valence-corrected chi connectivity index (χ3v) is 5.85. The third-order valence-electron chi connectivity index (χ3n) is 4.42. The molecular formula is C22H21ClF3N5O5S. The number of benzene rings is 2. The second kappa shape index (κ2) is 11.6. The summed E-state index contributed by atoms with van der Waals surface area (Å²) in [5.41, 5.74) is 1.07. The molecule has 0 unspecified atom stereocenters. The van der Waals surface area contributed by atoms with E-state index in [-0.39, 0.29) is 12.6 Å². The maximum absolute atomic E-state index is 12.4. The number of carbonyl (C=O) groups excluding carboxylic acids is 1. The summed E-state index contributed by atoms with van der Waals surface area (Å²) in [5.74, 6) is -1.54. The van der Waals surface area contributed by atoms with Crippen LogP contribution >= 0.6 is 11.6 Å². The monoisotopic (exact) mass is 559 g/mol. The van der Waals surface area contributed by atoms with Crippen LogP contribution < -0.4 is 20.3 Å². The fourth-order valence-electron chi connectivity index (χ4n) is 2.82. The van der Waals surface area contributed by atoms with Crippen LogP contribution in [0.5, 0.6) is 5.75 Å². The molecule has 0 spiro atoms. The highest BCUT2D eigenvalue weighted by atomic mass is 35.5. The van der Waals surface area contributed by atoms with Gasteiger partial charge >= 0.3 is 12.1 Å². The molecule has 198 valence electrons. The van der Waals surface area contributed by atoms with Gasteiger partial charge in [0, 0.05) is 28.9 Å². The van der Waals surface area contributed by atoms with E-state index in [1.54, 1.807) is 44.2 Å². The van der Waals surface area contributed by atoms with Crippen molar-refractivity contribution in [2.45, 2.75) is 37.6 Å². The molecule has 0 aliphatic rings. The van der Waals surface area contributed by atoms with Crippen molar-refractivity contribution in [1.29, 1.82) is 0 Å². The molecular weight excluding hydrogens is 539 g/mol. The molecule has 1 heterocycles. The van der Waals surface area contributed by atoms with Gasteiger partial charge in [-0.05, 0) is 61.2 Å². The molecule has 0 amide bonds. The minimum Gasteiger partial charge on any atom is -0.491 e. The van der Waals surface area contributed by atoms with Gasteiger partial charge in [0.1, 0.15) is 23.7 Å². The first kappa shape index (κ1) is 28.0. The number of halogens is 4. The van der Waals surface area contributed by atoms with Gasteiger partial charge in [-0.15, -0.1) is 0 Å². The molecule has 0 aliphatic heterocycles. The maximum Gasteiger partial charge on any atom is 0.492 e. The molecule has 0 aliphatic carbocycles. The Balaban J connectivity index is 1.78. The summed E-state index contributed by atoms with van der Waals surface area (Å²) < 4.78 is 67.5. The van der Waals surface area contributed by atoms with Crippen molar-refractivity contribution < 1.29 is 36.0 Å². The second-order valence-electron chi connectivity index (χ2n) is 7.68. The van der Waals surface area contributed by atoms with Gasteiger partial charge in [0.15, 0.2) is 0 Å². The first-order valence-electron chi connectivity index (χ1n) is 10.5. The molecule has 0 bridgehead atoms. The van der Waals surface area contributed by atoms with Gasteiger partial charge in [0.25, 0.3) is 10.0 Å². The lowest BCUT2D eigenvalue weighted by Crippen LogP contribution is -2.34. The smallest absolute Gasteiger partial charge is 0.491 e. The van der Waals surface area contributed by atoms with Crippen LogP contribution in [0.1, 0.15) is 19.4 Å². The highest BCUT2D eigenvalue weighted by Crippen LogP contribution is 2.26. The van der Waals surface area contributed by atoms with Crippen LogP contribution in [-0.4, -0.2) is 36.6 Å². The van der Waals surface area contributed by atoms with Crippen LogP contribution in [0.2, 0.25) is 5.02 Å². The number of ether oxygens (including phenoxy) is 1. The largest absolute Gasteiger partial charge is 0.492 e. The van der Waals surface area contributed by atoms with Crippen LogP contribution in [0.15, 0.2) is 59.8 Å². The van der Waals surface area contributed by atoms with Crippen molar-refractivity contribution in [3.63, 3.8) is 0 Å². The normalized spacial score (nSPS) is 11.8. The number of anilines is 3. The number of sulfonamides is 1. The summed E-state index contributed by atoms with van der Waals surface area (Å²) in [7, 11) is -4.63. The van der Waals surface area contributed by atoms with Crippen molar-refractivity contribution in [3.8, 4) is 5.75 Å². The van der Waals surface area contributed by atoms with Crippen LogP contribution in [0.4, 0.5) is 30.5 Å². The summed E-state index contributed by atoms with van der Waals surface area (Å²) in [6, 6.07) is 12.2. The van der Waals surface area contributed by atoms with Crippen molar-refractivity contribution >= 4 is 44.9 Å². The van der Waals surface area contributed by atoms with Crippen LogP contribution in [-0.2, 0) is 26.2 Å². The molecule has 3 rings (SSSR count). The van der Waals surface area contributed by atoms with Crippen LogP contribution in [0.25, 0.3) is 0 Å². The minimum absolute atomic E-state index is 0.0190. The van der Waals surface area contributed by atoms with E-state index in [2.05, 4.69) is 25.4 Å². The Labute approximate surface area is 215 Å². The average molecular weight is 560 g/mol. The van der Waals surface area contributed by atoms with E-state index in [1.807, 2.05) is 0 Å².